The van der Waals surface area contributed by atoms with Crippen LogP contribution in [0.4, 0.5) is 0 Å². The second-order valence-electron chi connectivity index (χ2n) is 4.62. The van der Waals surface area contributed by atoms with Crippen LogP contribution in [0.1, 0.15) is 20.3 Å². The monoisotopic (exact) mass is 262 g/mol. The summed E-state index contributed by atoms with van der Waals surface area (Å²) >= 11 is 0. The Balaban J connectivity index is 1.98. The van der Waals surface area contributed by atoms with Gasteiger partial charge >= 0.3 is 0 Å². The molecule has 2 rings (SSSR count). The zero-order chi connectivity index (χ0) is 14.2. The van der Waals surface area contributed by atoms with Crippen LogP contribution in [-0.2, 0) is 16.1 Å². The molecule has 0 unspecified atom stereocenters. The van der Waals surface area contributed by atoms with E-state index in [-0.39, 0.29) is 18.1 Å². The van der Waals surface area contributed by atoms with Crippen molar-refractivity contribution < 1.29 is 10.8 Å². The molecule has 19 heavy (non-hydrogen) atoms. The minimum atomic E-state index is -0.247. The van der Waals surface area contributed by atoms with E-state index in [0.717, 1.165) is 5.56 Å². The summed E-state index contributed by atoms with van der Waals surface area (Å²) in [5, 5.41) is 3.87. The first kappa shape index (κ1) is 12.5. The fraction of sp³-hybridized carbons (Fsp3) is 0.571. The number of ether oxygens (including phenoxy) is 2. The molecule has 0 saturated carbocycles. The molecule has 102 valence electrons. The standard InChI is InChI=1S/C14H19N3O2/c1-2-12-9-18-10-13(14(12)16-17-15)19-8-11-6-4-3-5-7-11/h3-7,12-14H,2,8-10H2,1H3/t12-,13+,14+/m1/s1/i1D. The normalized spacial score (nSPS) is 27.4. The van der Waals surface area contributed by atoms with Gasteiger partial charge < -0.3 is 9.47 Å². The highest BCUT2D eigenvalue weighted by atomic mass is 16.5. The van der Waals surface area contributed by atoms with Gasteiger partial charge in [-0.15, -0.1) is 0 Å². The van der Waals surface area contributed by atoms with Crippen LogP contribution in [0.2, 0.25) is 0 Å². The molecule has 0 aliphatic carbocycles. The van der Waals surface area contributed by atoms with Gasteiger partial charge in [0, 0.05) is 12.9 Å². The summed E-state index contributed by atoms with van der Waals surface area (Å²) < 4.78 is 18.7. The molecule has 3 atom stereocenters. The molecule has 1 aliphatic heterocycles. The highest BCUT2D eigenvalue weighted by molar-refractivity contribution is 5.13. The zero-order valence-corrected chi connectivity index (χ0v) is 10.8. The van der Waals surface area contributed by atoms with E-state index in [1.54, 1.807) is 0 Å². The lowest BCUT2D eigenvalue weighted by atomic mass is 9.92. The van der Waals surface area contributed by atoms with Crippen LogP contribution < -0.4 is 0 Å². The van der Waals surface area contributed by atoms with E-state index in [4.69, 9.17) is 16.4 Å². The predicted molar refractivity (Wildman–Crippen MR) is 72.6 cm³/mol. The van der Waals surface area contributed by atoms with Crippen molar-refractivity contribution >= 4 is 0 Å². The smallest absolute Gasteiger partial charge is 0.0901 e. The molecule has 0 amide bonds. The first-order valence-corrected chi connectivity index (χ1v) is 6.42. The molecule has 0 bridgehead atoms. The van der Waals surface area contributed by atoms with E-state index in [2.05, 4.69) is 10.0 Å². The van der Waals surface area contributed by atoms with E-state index in [1.807, 2.05) is 30.3 Å². The lowest BCUT2D eigenvalue weighted by Crippen LogP contribution is -2.44. The Labute approximate surface area is 114 Å². The minimum Gasteiger partial charge on any atom is -0.378 e. The van der Waals surface area contributed by atoms with Gasteiger partial charge in [-0.3, -0.25) is 0 Å². The molecule has 0 aromatic heterocycles. The molecule has 1 saturated heterocycles. The van der Waals surface area contributed by atoms with Crippen molar-refractivity contribution in [1.29, 1.82) is 0 Å². The molecular formula is C14H19N3O2. The van der Waals surface area contributed by atoms with Crippen molar-refractivity contribution in [3.8, 4) is 0 Å². The fourth-order valence-corrected chi connectivity index (χ4v) is 2.24. The van der Waals surface area contributed by atoms with E-state index < -0.39 is 0 Å². The van der Waals surface area contributed by atoms with Crippen molar-refractivity contribution in [2.24, 2.45) is 11.0 Å². The maximum absolute atomic E-state index is 8.72. The van der Waals surface area contributed by atoms with E-state index in [0.29, 0.717) is 33.1 Å². The minimum absolute atomic E-state index is 0.0675. The lowest BCUT2D eigenvalue weighted by molar-refractivity contribution is -0.0916. The Morgan fingerprint density at radius 3 is 3.05 bits per heavy atom. The largest absolute Gasteiger partial charge is 0.378 e. The SMILES string of the molecule is [2H]CC[C@@H]1COC[C@H](OCc2ccccc2)[C@H]1N=[N+]=[N-]. The number of benzene rings is 1. The maximum Gasteiger partial charge on any atom is 0.0901 e. The number of azide groups is 1. The van der Waals surface area contributed by atoms with Crippen LogP contribution in [-0.4, -0.2) is 25.4 Å². The average Bonchev–Trinajstić information content (AvgIpc) is 2.49. The molecule has 0 spiro atoms. The van der Waals surface area contributed by atoms with Crippen molar-refractivity contribution in [3.05, 3.63) is 46.3 Å². The topological polar surface area (TPSA) is 67.2 Å². The summed E-state index contributed by atoms with van der Waals surface area (Å²) in [4.78, 5) is 2.93. The van der Waals surface area contributed by atoms with Crippen LogP contribution in [0.5, 0.6) is 0 Å². The Morgan fingerprint density at radius 1 is 1.47 bits per heavy atom. The molecule has 1 heterocycles. The molecule has 5 heteroatoms. The molecule has 1 fully saturated rings. The maximum atomic E-state index is 8.72. The Kier molecular flexibility index (Phi) is 4.69. The Morgan fingerprint density at radius 2 is 2.32 bits per heavy atom. The van der Waals surface area contributed by atoms with E-state index >= 15 is 0 Å². The van der Waals surface area contributed by atoms with Crippen LogP contribution >= 0.6 is 0 Å². The van der Waals surface area contributed by atoms with Crippen LogP contribution in [0.3, 0.4) is 0 Å². The second-order valence-corrected chi connectivity index (χ2v) is 4.62. The molecule has 0 N–H and O–H groups in total. The van der Waals surface area contributed by atoms with E-state index in [9.17, 15) is 0 Å². The number of rotatable bonds is 5. The van der Waals surface area contributed by atoms with Crippen LogP contribution in [0, 0.1) is 5.92 Å². The molecule has 1 aromatic carbocycles. The number of hydrogen-bond donors (Lipinski definition) is 0. The molecule has 1 aromatic rings. The van der Waals surface area contributed by atoms with Gasteiger partial charge in [-0.2, -0.15) is 0 Å². The van der Waals surface area contributed by atoms with Gasteiger partial charge in [-0.25, -0.2) is 0 Å². The number of hydrogen-bond acceptors (Lipinski definition) is 3. The average molecular weight is 262 g/mol. The van der Waals surface area contributed by atoms with Crippen molar-refractivity contribution in [2.45, 2.75) is 32.1 Å². The molecular weight excluding hydrogens is 242 g/mol. The third-order valence-electron chi connectivity index (χ3n) is 3.34. The van der Waals surface area contributed by atoms with E-state index in [1.165, 1.54) is 0 Å². The van der Waals surface area contributed by atoms with Gasteiger partial charge in [0.05, 0.1) is 25.4 Å². The van der Waals surface area contributed by atoms with Crippen molar-refractivity contribution in [3.63, 3.8) is 0 Å². The summed E-state index contributed by atoms with van der Waals surface area (Å²) in [6.45, 7) is 1.75. The van der Waals surface area contributed by atoms with Gasteiger partial charge in [-0.1, -0.05) is 48.8 Å². The first-order valence-electron chi connectivity index (χ1n) is 7.12. The molecule has 5 nitrogen and oxygen atoms in total. The summed E-state index contributed by atoms with van der Waals surface area (Å²) in [5.41, 5.74) is 9.80. The lowest BCUT2D eigenvalue weighted by Gasteiger charge is -2.34. The highest BCUT2D eigenvalue weighted by Crippen LogP contribution is 2.24. The van der Waals surface area contributed by atoms with Crippen molar-refractivity contribution in [2.75, 3.05) is 13.2 Å². The Bertz CT molecular complexity index is 449. The Hall–Kier alpha value is -1.55. The number of nitrogens with zero attached hydrogens (tertiary/aromatic N) is 3. The second kappa shape index (κ2) is 7.14. The van der Waals surface area contributed by atoms with Gasteiger partial charge in [0.2, 0.25) is 0 Å². The summed E-state index contributed by atoms with van der Waals surface area (Å²) in [6.07, 6.45) is 0.422. The van der Waals surface area contributed by atoms with Gasteiger partial charge in [0.15, 0.2) is 0 Å². The zero-order valence-electron chi connectivity index (χ0n) is 11.8. The first-order chi connectivity index (χ1) is 9.85. The summed E-state index contributed by atoms with van der Waals surface area (Å²) in [5.74, 6) is 0.0675. The van der Waals surface area contributed by atoms with Gasteiger partial charge in [0.1, 0.15) is 0 Å². The third-order valence-corrected chi connectivity index (χ3v) is 3.34. The fourth-order valence-electron chi connectivity index (χ4n) is 2.24. The predicted octanol–water partition coefficient (Wildman–Crippen LogP) is 3.31. The quantitative estimate of drug-likeness (QED) is 0.464. The van der Waals surface area contributed by atoms with Crippen LogP contribution in [0.25, 0.3) is 10.4 Å². The summed E-state index contributed by atoms with van der Waals surface area (Å²) in [7, 11) is 0. The van der Waals surface area contributed by atoms with Crippen molar-refractivity contribution in [1.82, 2.24) is 0 Å². The third kappa shape index (κ3) is 3.70. The van der Waals surface area contributed by atoms with Crippen LogP contribution in [0.15, 0.2) is 35.4 Å². The molecule has 0 radical (unpaired) electrons. The molecule has 1 aliphatic rings. The van der Waals surface area contributed by atoms with Gasteiger partial charge in [-0.05, 0) is 17.0 Å². The summed E-state index contributed by atoms with van der Waals surface area (Å²) in [6, 6.07) is 9.62. The highest BCUT2D eigenvalue weighted by Gasteiger charge is 2.33. The van der Waals surface area contributed by atoms with Gasteiger partial charge in [0.25, 0.3) is 0 Å².